The van der Waals surface area contributed by atoms with Crippen molar-refractivity contribution < 1.29 is 28.5 Å². The number of hydrogen-bond acceptors (Lipinski definition) is 8. The standard InChI is InChI=1S/C26H44N4O6Si/c1-11-12-15-34-22-27-19-13-14-29(18-33-16-17-37(8,9)10)20(19)21(28-22)30(23(31)35-25(2,3)4)24(32)36-26(5,6)7/h13-14H,11-12,15-18H2,1-10H3. The van der Waals surface area contributed by atoms with E-state index in [0.717, 1.165) is 23.8 Å². The van der Waals surface area contributed by atoms with Gasteiger partial charge in [-0.15, -0.1) is 0 Å². The van der Waals surface area contributed by atoms with Crippen LogP contribution in [0.15, 0.2) is 12.3 Å². The highest BCUT2D eigenvalue weighted by molar-refractivity contribution is 6.76. The maximum absolute atomic E-state index is 13.4. The Morgan fingerprint density at radius 1 is 0.973 bits per heavy atom. The lowest BCUT2D eigenvalue weighted by Crippen LogP contribution is -2.44. The molecular formula is C26H44N4O6Si. The Bertz CT molecular complexity index is 1040. The van der Waals surface area contributed by atoms with Gasteiger partial charge in [-0.25, -0.2) is 9.59 Å². The van der Waals surface area contributed by atoms with Crippen LogP contribution in [0.2, 0.25) is 25.7 Å². The van der Waals surface area contributed by atoms with Crippen LogP contribution in [-0.2, 0) is 20.9 Å². The fourth-order valence-electron chi connectivity index (χ4n) is 3.11. The van der Waals surface area contributed by atoms with Crippen molar-refractivity contribution in [1.82, 2.24) is 14.5 Å². The molecule has 0 fully saturated rings. The largest absolute Gasteiger partial charge is 0.463 e. The Morgan fingerprint density at radius 3 is 2.08 bits per heavy atom. The molecule has 0 atom stereocenters. The Balaban J connectivity index is 2.60. The van der Waals surface area contributed by atoms with E-state index in [1.807, 2.05) is 6.92 Å². The molecule has 0 aliphatic carbocycles. The van der Waals surface area contributed by atoms with Crippen molar-refractivity contribution in [3.05, 3.63) is 12.3 Å². The molecule has 2 rings (SSSR count). The van der Waals surface area contributed by atoms with E-state index in [1.54, 1.807) is 58.4 Å². The summed E-state index contributed by atoms with van der Waals surface area (Å²) in [5.41, 5.74) is -0.771. The molecule has 0 saturated heterocycles. The Morgan fingerprint density at radius 2 is 1.57 bits per heavy atom. The number of anilines is 1. The van der Waals surface area contributed by atoms with Crippen LogP contribution < -0.4 is 9.64 Å². The summed E-state index contributed by atoms with van der Waals surface area (Å²) >= 11 is 0. The van der Waals surface area contributed by atoms with Gasteiger partial charge in [0.05, 0.1) is 12.1 Å². The van der Waals surface area contributed by atoms with Crippen molar-refractivity contribution in [2.45, 2.75) is 105 Å². The number of fused-ring (bicyclic) bond motifs is 1. The summed E-state index contributed by atoms with van der Waals surface area (Å²) in [6, 6.07) is 2.84. The minimum Gasteiger partial charge on any atom is -0.463 e. The quantitative estimate of drug-likeness (QED) is 0.247. The summed E-state index contributed by atoms with van der Waals surface area (Å²) in [5.74, 6) is 0.0128. The van der Waals surface area contributed by atoms with Crippen LogP contribution >= 0.6 is 0 Å². The fraction of sp³-hybridized carbons (Fsp3) is 0.692. The molecule has 0 saturated carbocycles. The third-order valence-corrected chi connectivity index (χ3v) is 6.60. The van der Waals surface area contributed by atoms with Gasteiger partial charge < -0.3 is 23.5 Å². The number of nitrogens with zero attached hydrogens (tertiary/aromatic N) is 4. The second-order valence-corrected chi connectivity index (χ2v) is 17.8. The number of hydrogen-bond donors (Lipinski definition) is 0. The number of aromatic nitrogens is 3. The van der Waals surface area contributed by atoms with Crippen LogP contribution in [-0.4, -0.2) is 59.2 Å². The number of ether oxygens (including phenoxy) is 4. The third-order valence-electron chi connectivity index (χ3n) is 4.89. The van der Waals surface area contributed by atoms with Gasteiger partial charge in [-0.05, 0) is 60.1 Å². The molecule has 2 aromatic heterocycles. The molecule has 0 bridgehead atoms. The monoisotopic (exact) mass is 536 g/mol. The molecule has 10 nitrogen and oxygen atoms in total. The Kier molecular flexibility index (Phi) is 10.1. The zero-order valence-electron chi connectivity index (χ0n) is 24.1. The summed E-state index contributed by atoms with van der Waals surface area (Å²) < 4.78 is 24.6. The molecule has 208 valence electrons. The Labute approximate surface area is 221 Å². The van der Waals surface area contributed by atoms with E-state index in [4.69, 9.17) is 18.9 Å². The van der Waals surface area contributed by atoms with Crippen LogP contribution in [0, 0.1) is 0 Å². The van der Waals surface area contributed by atoms with Gasteiger partial charge in [0.2, 0.25) is 0 Å². The van der Waals surface area contributed by atoms with Crippen molar-refractivity contribution in [3.63, 3.8) is 0 Å². The first kappa shape index (κ1) is 30.6. The van der Waals surface area contributed by atoms with Crippen molar-refractivity contribution >= 4 is 37.1 Å². The van der Waals surface area contributed by atoms with E-state index in [2.05, 4.69) is 29.6 Å². The predicted molar refractivity (Wildman–Crippen MR) is 147 cm³/mol. The van der Waals surface area contributed by atoms with Crippen molar-refractivity contribution in [2.24, 2.45) is 0 Å². The van der Waals surface area contributed by atoms with Crippen LogP contribution in [0.3, 0.4) is 0 Å². The third kappa shape index (κ3) is 9.96. The maximum Gasteiger partial charge on any atom is 0.425 e. The number of unbranched alkanes of at least 4 members (excludes halogenated alkanes) is 1. The fourth-order valence-corrected chi connectivity index (χ4v) is 3.86. The lowest BCUT2D eigenvalue weighted by molar-refractivity contribution is 0.0428. The van der Waals surface area contributed by atoms with E-state index < -0.39 is 31.5 Å². The molecule has 0 aliphatic heterocycles. The van der Waals surface area contributed by atoms with Gasteiger partial charge in [-0.1, -0.05) is 33.0 Å². The van der Waals surface area contributed by atoms with Gasteiger partial charge in [-0.2, -0.15) is 14.9 Å². The SMILES string of the molecule is CCCCOc1nc(N(C(=O)OC(C)(C)C)C(=O)OC(C)(C)C)c2c(ccn2COCC[Si](C)(C)C)n1. The smallest absolute Gasteiger partial charge is 0.425 e. The van der Waals surface area contributed by atoms with Crippen LogP contribution in [0.25, 0.3) is 11.0 Å². The molecule has 0 unspecified atom stereocenters. The highest BCUT2D eigenvalue weighted by Crippen LogP contribution is 2.30. The Hall–Kier alpha value is -2.66. The average Bonchev–Trinajstić information content (AvgIpc) is 3.11. The number of carbonyl (C=O) groups is 2. The second-order valence-electron chi connectivity index (χ2n) is 12.2. The first-order chi connectivity index (χ1) is 17.0. The maximum atomic E-state index is 13.4. The number of rotatable bonds is 10. The zero-order chi connectivity index (χ0) is 28.0. The van der Waals surface area contributed by atoms with Crippen molar-refractivity contribution in [2.75, 3.05) is 18.1 Å². The lowest BCUT2D eigenvalue weighted by Gasteiger charge is -2.28. The second kappa shape index (κ2) is 12.3. The van der Waals surface area contributed by atoms with E-state index in [9.17, 15) is 9.59 Å². The van der Waals surface area contributed by atoms with Crippen LogP contribution in [0.1, 0.15) is 61.3 Å². The highest BCUT2D eigenvalue weighted by atomic mass is 28.3. The molecule has 0 spiro atoms. The average molecular weight is 537 g/mol. The summed E-state index contributed by atoms with van der Waals surface area (Å²) in [4.78, 5) is 36.6. The number of amides is 2. The molecule has 37 heavy (non-hydrogen) atoms. The minimum atomic E-state index is -1.27. The van der Waals surface area contributed by atoms with E-state index in [1.165, 1.54) is 0 Å². The van der Waals surface area contributed by atoms with Gasteiger partial charge >= 0.3 is 18.2 Å². The molecule has 0 aromatic carbocycles. The summed E-state index contributed by atoms with van der Waals surface area (Å²) in [5, 5.41) is 0. The number of imide groups is 1. The molecular weight excluding hydrogens is 492 g/mol. The van der Waals surface area contributed by atoms with Crippen LogP contribution in [0.4, 0.5) is 15.4 Å². The first-order valence-electron chi connectivity index (χ1n) is 12.8. The van der Waals surface area contributed by atoms with Gasteiger partial charge in [0.1, 0.15) is 23.4 Å². The molecule has 0 radical (unpaired) electrons. The zero-order valence-corrected chi connectivity index (χ0v) is 25.1. The van der Waals surface area contributed by atoms with Gasteiger partial charge in [0.25, 0.3) is 0 Å². The molecule has 2 aromatic rings. The topological polar surface area (TPSA) is 105 Å². The summed E-state index contributed by atoms with van der Waals surface area (Å²) in [6.45, 7) is 20.5. The molecule has 11 heteroatoms. The highest BCUT2D eigenvalue weighted by Gasteiger charge is 2.36. The van der Waals surface area contributed by atoms with E-state index in [-0.39, 0.29) is 18.6 Å². The number of carbonyl (C=O) groups excluding carboxylic acids is 2. The van der Waals surface area contributed by atoms with Gasteiger partial charge in [0, 0.05) is 20.9 Å². The lowest BCUT2D eigenvalue weighted by atomic mass is 10.2. The summed E-state index contributed by atoms with van der Waals surface area (Å²) in [7, 11) is -1.27. The minimum absolute atomic E-state index is 0.0128. The van der Waals surface area contributed by atoms with Gasteiger partial charge in [0.15, 0.2) is 5.82 Å². The summed E-state index contributed by atoms with van der Waals surface area (Å²) in [6.07, 6.45) is 1.71. The van der Waals surface area contributed by atoms with E-state index >= 15 is 0 Å². The molecule has 0 N–H and O–H groups in total. The molecule has 2 heterocycles. The van der Waals surface area contributed by atoms with Crippen molar-refractivity contribution in [3.8, 4) is 6.01 Å². The molecule has 0 aliphatic rings. The normalized spacial score (nSPS) is 12.5. The first-order valence-corrected chi connectivity index (χ1v) is 16.5. The predicted octanol–water partition coefficient (Wildman–Crippen LogP) is 6.60. The molecule has 2 amide bonds. The van der Waals surface area contributed by atoms with E-state index in [0.29, 0.717) is 24.2 Å². The van der Waals surface area contributed by atoms with Gasteiger partial charge in [-0.3, -0.25) is 0 Å². The van der Waals surface area contributed by atoms with Crippen molar-refractivity contribution in [1.29, 1.82) is 0 Å². The van der Waals surface area contributed by atoms with Crippen LogP contribution in [0.5, 0.6) is 6.01 Å².